The second-order valence-corrected chi connectivity index (χ2v) is 10.0. The molecule has 0 saturated heterocycles. The van der Waals surface area contributed by atoms with Gasteiger partial charge in [0.2, 0.25) is 0 Å². The van der Waals surface area contributed by atoms with Crippen molar-refractivity contribution in [2.24, 2.45) is 40.4 Å². The fraction of sp³-hybridized carbons (Fsp3) is 1.00. The molecule has 0 amide bonds. The maximum Gasteiger partial charge on any atom is 0.0601 e. The van der Waals surface area contributed by atoms with Crippen LogP contribution in [0.15, 0.2) is 0 Å². The van der Waals surface area contributed by atoms with Crippen LogP contribution in [0.3, 0.4) is 0 Å². The van der Waals surface area contributed by atoms with Crippen LogP contribution in [0.1, 0.15) is 78.6 Å². The number of hydrogen-bond acceptors (Lipinski definition) is 2. The second-order valence-electron chi connectivity index (χ2n) is 10.0. The van der Waals surface area contributed by atoms with Crippen LogP contribution in [0, 0.1) is 40.4 Å². The zero-order chi connectivity index (χ0) is 16.4. The first-order valence-electron chi connectivity index (χ1n) is 10.2. The van der Waals surface area contributed by atoms with Gasteiger partial charge in [0, 0.05) is 5.92 Å². The molecular formula is C21H36O2. The Kier molecular flexibility index (Phi) is 3.89. The normalized spacial score (nSPS) is 57.3. The van der Waals surface area contributed by atoms with Gasteiger partial charge in [-0.1, -0.05) is 26.7 Å². The van der Waals surface area contributed by atoms with Gasteiger partial charge in [-0.3, -0.25) is 0 Å². The van der Waals surface area contributed by atoms with E-state index in [-0.39, 0.29) is 23.5 Å². The molecule has 2 N–H and O–H groups in total. The molecule has 4 aliphatic carbocycles. The summed E-state index contributed by atoms with van der Waals surface area (Å²) in [6.45, 7) is 6.89. The molecule has 132 valence electrons. The van der Waals surface area contributed by atoms with E-state index in [9.17, 15) is 10.2 Å². The lowest BCUT2D eigenvalue weighted by atomic mass is 9.45. The predicted octanol–water partition coefficient (Wildman–Crippen LogP) is 4.39. The van der Waals surface area contributed by atoms with Crippen LogP contribution in [0.25, 0.3) is 0 Å². The summed E-state index contributed by atoms with van der Waals surface area (Å²) in [5, 5.41) is 21.0. The molecule has 0 aromatic heterocycles. The molecule has 0 spiro atoms. The summed E-state index contributed by atoms with van der Waals surface area (Å²) in [4.78, 5) is 0. The van der Waals surface area contributed by atoms with Gasteiger partial charge in [0.15, 0.2) is 0 Å². The summed E-state index contributed by atoms with van der Waals surface area (Å²) in [5.74, 6) is 3.35. The molecule has 2 nitrogen and oxygen atoms in total. The van der Waals surface area contributed by atoms with Gasteiger partial charge in [0.1, 0.15) is 0 Å². The van der Waals surface area contributed by atoms with Gasteiger partial charge in [-0.2, -0.15) is 0 Å². The Morgan fingerprint density at radius 2 is 1.70 bits per heavy atom. The lowest BCUT2D eigenvalue weighted by Crippen LogP contribution is -2.53. The van der Waals surface area contributed by atoms with E-state index in [1.807, 2.05) is 6.92 Å². The van der Waals surface area contributed by atoms with Crippen LogP contribution >= 0.6 is 0 Å². The van der Waals surface area contributed by atoms with Gasteiger partial charge < -0.3 is 10.2 Å². The highest BCUT2D eigenvalue weighted by molar-refractivity contribution is 5.11. The molecule has 0 bridgehead atoms. The molecule has 0 aromatic rings. The van der Waals surface area contributed by atoms with Crippen molar-refractivity contribution in [2.45, 2.75) is 90.8 Å². The average Bonchev–Trinajstić information content (AvgIpc) is 2.77. The number of rotatable bonds is 1. The highest BCUT2D eigenvalue weighted by Crippen LogP contribution is 2.67. The lowest BCUT2D eigenvalue weighted by molar-refractivity contribution is -0.120. The largest absolute Gasteiger partial charge is 0.393 e. The van der Waals surface area contributed by atoms with E-state index in [1.54, 1.807) is 0 Å². The Bertz CT molecular complexity index is 461. The molecule has 4 fully saturated rings. The minimum absolute atomic E-state index is 0.0883. The third kappa shape index (κ3) is 2.20. The summed E-state index contributed by atoms with van der Waals surface area (Å²) in [7, 11) is 0. The van der Waals surface area contributed by atoms with Crippen molar-refractivity contribution in [3.05, 3.63) is 0 Å². The third-order valence-corrected chi connectivity index (χ3v) is 9.21. The van der Waals surface area contributed by atoms with Crippen molar-refractivity contribution in [1.82, 2.24) is 0 Å². The first-order chi connectivity index (χ1) is 10.9. The van der Waals surface area contributed by atoms with Crippen molar-refractivity contribution in [3.8, 4) is 0 Å². The molecule has 0 radical (unpaired) electrons. The summed E-state index contributed by atoms with van der Waals surface area (Å²) < 4.78 is 0. The second kappa shape index (κ2) is 5.46. The highest BCUT2D eigenvalue weighted by Gasteiger charge is 2.62. The molecule has 2 heteroatoms. The fourth-order valence-electron chi connectivity index (χ4n) is 8.22. The van der Waals surface area contributed by atoms with Crippen LogP contribution in [0.2, 0.25) is 0 Å². The molecular weight excluding hydrogens is 284 g/mol. The number of aliphatic hydroxyl groups excluding tert-OH is 2. The Morgan fingerprint density at radius 1 is 0.913 bits per heavy atom. The highest BCUT2D eigenvalue weighted by atomic mass is 16.3. The van der Waals surface area contributed by atoms with Gasteiger partial charge in [-0.25, -0.2) is 0 Å². The van der Waals surface area contributed by atoms with Crippen molar-refractivity contribution >= 4 is 0 Å². The van der Waals surface area contributed by atoms with Gasteiger partial charge in [-0.05, 0) is 86.4 Å². The van der Waals surface area contributed by atoms with E-state index >= 15 is 0 Å². The van der Waals surface area contributed by atoms with Crippen molar-refractivity contribution < 1.29 is 10.2 Å². The molecule has 0 unspecified atom stereocenters. The molecule has 0 aliphatic heterocycles. The van der Waals surface area contributed by atoms with Crippen LogP contribution < -0.4 is 0 Å². The molecule has 0 aromatic carbocycles. The molecule has 23 heavy (non-hydrogen) atoms. The fourth-order valence-corrected chi connectivity index (χ4v) is 8.22. The van der Waals surface area contributed by atoms with Crippen LogP contribution in [0.5, 0.6) is 0 Å². The summed E-state index contributed by atoms with van der Waals surface area (Å²) in [5.41, 5.74) is 0.725. The first-order valence-corrected chi connectivity index (χ1v) is 10.2. The lowest BCUT2D eigenvalue weighted by Gasteiger charge is -2.60. The van der Waals surface area contributed by atoms with Gasteiger partial charge >= 0.3 is 0 Å². The van der Waals surface area contributed by atoms with E-state index in [4.69, 9.17) is 0 Å². The van der Waals surface area contributed by atoms with Gasteiger partial charge in [-0.15, -0.1) is 0 Å². The Labute approximate surface area is 142 Å². The SMILES string of the molecule is C[C@@H](O)[C@H]1[C@H](O)C[C@H]2[C@@H]3CC[C@H]4CCCC[C@]4(C)[C@H]3CC[C@]12C. The van der Waals surface area contributed by atoms with Crippen molar-refractivity contribution in [3.63, 3.8) is 0 Å². The van der Waals surface area contributed by atoms with Crippen LogP contribution in [-0.4, -0.2) is 22.4 Å². The molecule has 4 saturated carbocycles. The molecule has 0 heterocycles. The Hall–Kier alpha value is -0.0800. The molecule has 4 aliphatic rings. The summed E-state index contributed by atoms with van der Waals surface area (Å²) >= 11 is 0. The minimum Gasteiger partial charge on any atom is -0.393 e. The summed E-state index contributed by atoms with van der Waals surface area (Å²) in [6.07, 6.45) is 11.4. The number of fused-ring (bicyclic) bond motifs is 5. The van der Waals surface area contributed by atoms with Crippen molar-refractivity contribution in [1.29, 1.82) is 0 Å². The van der Waals surface area contributed by atoms with E-state index in [0.29, 0.717) is 11.3 Å². The van der Waals surface area contributed by atoms with Crippen LogP contribution in [-0.2, 0) is 0 Å². The zero-order valence-electron chi connectivity index (χ0n) is 15.3. The number of aliphatic hydroxyl groups is 2. The molecule has 4 rings (SSSR count). The average molecular weight is 321 g/mol. The van der Waals surface area contributed by atoms with Gasteiger partial charge in [0.25, 0.3) is 0 Å². The third-order valence-electron chi connectivity index (χ3n) is 9.21. The predicted molar refractivity (Wildman–Crippen MR) is 92.9 cm³/mol. The monoisotopic (exact) mass is 320 g/mol. The van der Waals surface area contributed by atoms with E-state index < -0.39 is 0 Å². The maximum absolute atomic E-state index is 10.7. The maximum atomic E-state index is 10.7. The number of hydrogen-bond donors (Lipinski definition) is 2. The topological polar surface area (TPSA) is 40.5 Å². The van der Waals surface area contributed by atoms with Crippen LogP contribution in [0.4, 0.5) is 0 Å². The first kappa shape index (κ1) is 16.4. The quantitative estimate of drug-likeness (QED) is 0.752. The van der Waals surface area contributed by atoms with E-state index in [2.05, 4.69) is 13.8 Å². The van der Waals surface area contributed by atoms with Crippen molar-refractivity contribution in [2.75, 3.05) is 0 Å². The smallest absolute Gasteiger partial charge is 0.0601 e. The van der Waals surface area contributed by atoms with E-state index in [1.165, 1.54) is 51.4 Å². The summed E-state index contributed by atoms with van der Waals surface area (Å²) in [6, 6.07) is 0. The Balaban J connectivity index is 1.64. The van der Waals surface area contributed by atoms with Gasteiger partial charge in [0.05, 0.1) is 12.2 Å². The molecule has 9 atom stereocenters. The minimum atomic E-state index is -0.377. The van der Waals surface area contributed by atoms with E-state index in [0.717, 1.165) is 24.2 Å². The zero-order valence-corrected chi connectivity index (χ0v) is 15.3. The Morgan fingerprint density at radius 3 is 2.43 bits per heavy atom. The standard InChI is InChI=1S/C21H36O2/c1-13(22)19-18(23)12-17-15-8-7-14-6-4-5-10-20(14,2)16(15)9-11-21(17,19)3/h13-19,22-23H,4-12H2,1-3H3/t13-,14-,15-,16+,17+,18-,19+,20+,21+/m1/s1.